The first-order chi connectivity index (χ1) is 14.5. The number of rotatable bonds is 5. The Morgan fingerprint density at radius 1 is 1.33 bits per heavy atom. The van der Waals surface area contributed by atoms with E-state index in [9.17, 15) is 14.0 Å². The van der Waals surface area contributed by atoms with Gasteiger partial charge in [-0.2, -0.15) is 0 Å². The van der Waals surface area contributed by atoms with E-state index in [2.05, 4.69) is 15.5 Å². The molecule has 0 spiro atoms. The van der Waals surface area contributed by atoms with Gasteiger partial charge in [0, 0.05) is 24.2 Å². The van der Waals surface area contributed by atoms with Crippen LogP contribution < -0.4 is 15.1 Å². The van der Waals surface area contributed by atoms with Crippen LogP contribution in [0, 0.1) is 5.82 Å². The molecule has 0 saturated carbocycles. The zero-order valence-electron chi connectivity index (χ0n) is 16.2. The Morgan fingerprint density at radius 3 is 2.87 bits per heavy atom. The van der Waals surface area contributed by atoms with Crippen molar-refractivity contribution in [1.29, 1.82) is 0 Å². The average Bonchev–Trinajstić information content (AvgIpc) is 3.13. The molecular weight excluding hydrogens is 393 g/mol. The van der Waals surface area contributed by atoms with Crippen LogP contribution in [0.3, 0.4) is 0 Å². The van der Waals surface area contributed by atoms with E-state index in [1.165, 1.54) is 17.9 Å². The Balaban J connectivity index is 1.48. The third-order valence-electron chi connectivity index (χ3n) is 4.75. The van der Waals surface area contributed by atoms with Gasteiger partial charge in [-0.1, -0.05) is 5.16 Å². The van der Waals surface area contributed by atoms with E-state index < -0.39 is 18.0 Å². The summed E-state index contributed by atoms with van der Waals surface area (Å²) in [6, 6.07) is 8.11. The minimum absolute atomic E-state index is 0.208. The van der Waals surface area contributed by atoms with E-state index in [0.717, 1.165) is 0 Å². The molecule has 1 aromatic heterocycles. The van der Waals surface area contributed by atoms with Gasteiger partial charge in [0.2, 0.25) is 5.91 Å². The maximum absolute atomic E-state index is 14.8. The molecule has 2 aliphatic rings. The second-order valence-corrected chi connectivity index (χ2v) is 6.87. The number of hydrogen-bond acceptors (Lipinski definition) is 7. The summed E-state index contributed by atoms with van der Waals surface area (Å²) in [4.78, 5) is 35.6. The fourth-order valence-electron chi connectivity index (χ4n) is 3.23. The predicted octanol–water partition coefficient (Wildman–Crippen LogP) is 2.13. The number of carbonyl (C=O) groups excluding carboxylic acids is 2. The number of halogens is 1. The number of benzene rings is 1. The molecule has 1 fully saturated rings. The van der Waals surface area contributed by atoms with Crippen LogP contribution in [-0.4, -0.2) is 55.7 Å². The van der Waals surface area contributed by atoms with Crippen molar-refractivity contribution in [3.8, 4) is 11.1 Å². The Hall–Kier alpha value is -3.69. The van der Waals surface area contributed by atoms with Gasteiger partial charge < -0.3 is 19.8 Å². The molecule has 4 rings (SSSR count). The van der Waals surface area contributed by atoms with Gasteiger partial charge in [0.1, 0.15) is 30.7 Å². The number of cyclic esters (lactones) is 1. The standard InChI is InChI=1S/C20H20FN5O4/c1-13(27)22-10-16-11-26(20(28)30-16)15-3-4-17(18(21)8-15)14-2-5-19(23-9-14)25-6-7-29-24-12-25/h2-5,8-9,12,16H,6-7,10-11H2,1H3,(H,22,27)/t16-/m0/s1. The fourth-order valence-corrected chi connectivity index (χ4v) is 3.23. The third-order valence-corrected chi connectivity index (χ3v) is 4.75. The SMILES string of the molecule is CC(=O)NC[C@H]1CN(c2ccc(-c3ccc(N4C=NOCC4)nc3)c(F)c2)C(=O)O1. The van der Waals surface area contributed by atoms with Gasteiger partial charge in [-0.25, -0.2) is 14.2 Å². The van der Waals surface area contributed by atoms with Crippen molar-refractivity contribution in [3.05, 3.63) is 42.3 Å². The minimum atomic E-state index is -0.573. The molecule has 0 radical (unpaired) electrons. The molecule has 2 aliphatic heterocycles. The van der Waals surface area contributed by atoms with E-state index in [1.54, 1.807) is 36.8 Å². The quantitative estimate of drug-likeness (QED) is 0.807. The normalized spacial score (nSPS) is 18.2. The number of aromatic nitrogens is 1. The summed E-state index contributed by atoms with van der Waals surface area (Å²) in [5.74, 6) is 0.00128. The van der Waals surface area contributed by atoms with Gasteiger partial charge in [0.25, 0.3) is 0 Å². The van der Waals surface area contributed by atoms with Crippen molar-refractivity contribution in [3.63, 3.8) is 0 Å². The summed E-state index contributed by atoms with van der Waals surface area (Å²) >= 11 is 0. The molecule has 0 bridgehead atoms. The van der Waals surface area contributed by atoms with E-state index >= 15 is 0 Å². The summed E-state index contributed by atoms with van der Waals surface area (Å²) in [6.07, 6.45) is 2.08. The van der Waals surface area contributed by atoms with Gasteiger partial charge in [0.15, 0.2) is 0 Å². The molecule has 0 unspecified atom stereocenters. The lowest BCUT2D eigenvalue weighted by Crippen LogP contribution is -2.33. The monoisotopic (exact) mass is 413 g/mol. The number of oxime groups is 1. The number of ether oxygens (including phenoxy) is 1. The first-order valence-electron chi connectivity index (χ1n) is 9.42. The molecule has 30 heavy (non-hydrogen) atoms. The Bertz CT molecular complexity index is 982. The van der Waals surface area contributed by atoms with Crippen LogP contribution >= 0.6 is 0 Å². The maximum atomic E-state index is 14.8. The van der Waals surface area contributed by atoms with E-state index in [-0.39, 0.29) is 19.0 Å². The summed E-state index contributed by atoms with van der Waals surface area (Å²) in [5, 5.41) is 6.35. The summed E-state index contributed by atoms with van der Waals surface area (Å²) in [7, 11) is 0. The van der Waals surface area contributed by atoms with Crippen molar-refractivity contribution in [2.75, 3.05) is 36.0 Å². The molecule has 1 N–H and O–H groups in total. The highest BCUT2D eigenvalue weighted by molar-refractivity contribution is 5.90. The molecule has 0 aliphatic carbocycles. The first kappa shape index (κ1) is 19.6. The number of hydrogen-bond donors (Lipinski definition) is 1. The Kier molecular flexibility index (Phi) is 5.46. The van der Waals surface area contributed by atoms with Crippen molar-refractivity contribution in [1.82, 2.24) is 10.3 Å². The van der Waals surface area contributed by atoms with E-state index in [4.69, 9.17) is 9.57 Å². The first-order valence-corrected chi connectivity index (χ1v) is 9.42. The molecular formula is C20H20FN5O4. The summed E-state index contributed by atoms with van der Waals surface area (Å²) in [5.41, 5.74) is 1.37. The van der Waals surface area contributed by atoms with Gasteiger partial charge in [-0.3, -0.25) is 9.69 Å². The molecule has 9 nitrogen and oxygen atoms in total. The summed E-state index contributed by atoms with van der Waals surface area (Å²) in [6.45, 7) is 2.94. The topological polar surface area (TPSA) is 96.4 Å². The van der Waals surface area contributed by atoms with Crippen LogP contribution in [0.2, 0.25) is 0 Å². The Labute approximate surface area is 172 Å². The number of amides is 2. The number of pyridine rings is 1. The molecule has 3 heterocycles. The lowest BCUT2D eigenvalue weighted by molar-refractivity contribution is -0.119. The number of nitrogens with one attached hydrogen (secondary N) is 1. The van der Waals surface area contributed by atoms with Crippen molar-refractivity contribution < 1.29 is 23.6 Å². The van der Waals surface area contributed by atoms with Gasteiger partial charge >= 0.3 is 6.09 Å². The lowest BCUT2D eigenvalue weighted by atomic mass is 10.1. The van der Waals surface area contributed by atoms with Crippen molar-refractivity contribution in [2.45, 2.75) is 13.0 Å². The lowest BCUT2D eigenvalue weighted by Gasteiger charge is -2.20. The van der Waals surface area contributed by atoms with Crippen molar-refractivity contribution >= 4 is 29.8 Å². The largest absolute Gasteiger partial charge is 0.442 e. The molecule has 1 saturated heterocycles. The zero-order valence-corrected chi connectivity index (χ0v) is 16.2. The molecule has 1 atom stereocenters. The van der Waals surface area contributed by atoms with Crippen LogP contribution in [0.15, 0.2) is 41.7 Å². The maximum Gasteiger partial charge on any atom is 0.414 e. The summed E-state index contributed by atoms with van der Waals surface area (Å²) < 4.78 is 20.0. The average molecular weight is 413 g/mol. The van der Waals surface area contributed by atoms with E-state index in [0.29, 0.717) is 35.8 Å². The molecule has 156 valence electrons. The second kappa shape index (κ2) is 8.36. The minimum Gasteiger partial charge on any atom is -0.442 e. The highest BCUT2D eigenvalue weighted by Crippen LogP contribution is 2.29. The van der Waals surface area contributed by atoms with Crippen LogP contribution in [0.1, 0.15) is 6.92 Å². The van der Waals surface area contributed by atoms with Crippen LogP contribution in [0.5, 0.6) is 0 Å². The predicted molar refractivity (Wildman–Crippen MR) is 108 cm³/mol. The third kappa shape index (κ3) is 4.17. The highest BCUT2D eigenvalue weighted by atomic mass is 19.1. The zero-order chi connectivity index (χ0) is 21.1. The van der Waals surface area contributed by atoms with Gasteiger partial charge in [0.05, 0.1) is 25.3 Å². The van der Waals surface area contributed by atoms with Gasteiger partial charge in [-0.15, -0.1) is 0 Å². The number of nitrogens with zero attached hydrogens (tertiary/aromatic N) is 4. The number of anilines is 2. The van der Waals surface area contributed by atoms with Crippen LogP contribution in [0.25, 0.3) is 11.1 Å². The van der Waals surface area contributed by atoms with E-state index in [1.807, 2.05) is 4.90 Å². The molecule has 10 heteroatoms. The molecule has 1 aromatic carbocycles. The van der Waals surface area contributed by atoms with Crippen LogP contribution in [-0.2, 0) is 14.4 Å². The fraction of sp³-hybridized carbons (Fsp3) is 0.300. The second-order valence-electron chi connectivity index (χ2n) is 6.87. The molecule has 2 amide bonds. The Morgan fingerprint density at radius 2 is 2.20 bits per heavy atom. The molecule has 2 aromatic rings. The van der Waals surface area contributed by atoms with Gasteiger partial charge in [-0.05, 0) is 30.3 Å². The number of carbonyl (C=O) groups is 2. The van der Waals surface area contributed by atoms with Crippen LogP contribution in [0.4, 0.5) is 20.7 Å². The smallest absolute Gasteiger partial charge is 0.414 e. The van der Waals surface area contributed by atoms with Crippen molar-refractivity contribution in [2.24, 2.45) is 5.16 Å². The highest BCUT2D eigenvalue weighted by Gasteiger charge is 2.32.